The molecule has 0 aliphatic rings. The Morgan fingerprint density at radius 1 is 0.966 bits per heavy atom. The minimum atomic E-state index is 0.607. The number of thiazole rings is 1. The number of fused-ring (bicyclic) bond motifs is 1. The third-order valence-corrected chi connectivity index (χ3v) is 7.42. The number of nitrogens with zero attached hydrogens (tertiary/aromatic N) is 5. The van der Waals surface area contributed by atoms with E-state index in [1.165, 1.54) is 4.70 Å². The number of hydrogen-bond donors (Lipinski definition) is 0. The summed E-state index contributed by atoms with van der Waals surface area (Å²) in [5.41, 5.74) is 2.11. The second kappa shape index (κ2) is 9.92. The minimum absolute atomic E-state index is 0.607. The second-order valence-corrected chi connectivity index (χ2v) is 9.58. The molecule has 4 rings (SSSR count). The predicted octanol–water partition coefficient (Wildman–Crippen LogP) is 5.96. The van der Waals surface area contributed by atoms with Gasteiger partial charge < -0.3 is 0 Å². The second-order valence-electron chi connectivity index (χ2n) is 6.27. The Morgan fingerprint density at radius 3 is 2.62 bits per heavy atom. The fraction of sp³-hybridized carbons (Fsp3) is 0.238. The van der Waals surface area contributed by atoms with Crippen LogP contribution in [0.4, 0.5) is 0 Å². The molecule has 0 bridgehead atoms. The molecule has 0 N–H and O–H groups in total. The van der Waals surface area contributed by atoms with E-state index in [4.69, 9.17) is 10.2 Å². The van der Waals surface area contributed by atoms with E-state index < -0.39 is 0 Å². The average molecular weight is 438 g/mol. The number of unbranched alkanes of at least 4 members (excludes halogenated alkanes) is 2. The largest absolute Gasteiger partial charge is 0.273 e. The van der Waals surface area contributed by atoms with Crippen molar-refractivity contribution in [3.8, 4) is 11.8 Å². The van der Waals surface area contributed by atoms with Gasteiger partial charge in [-0.25, -0.2) is 4.98 Å². The Kier molecular flexibility index (Phi) is 6.83. The van der Waals surface area contributed by atoms with E-state index >= 15 is 0 Å². The van der Waals surface area contributed by atoms with Crippen molar-refractivity contribution in [3.05, 3.63) is 60.4 Å². The summed E-state index contributed by atoms with van der Waals surface area (Å²) in [5.74, 6) is 2.55. The third kappa shape index (κ3) is 4.99. The van der Waals surface area contributed by atoms with Crippen LogP contribution in [0.5, 0.6) is 0 Å². The highest BCUT2D eigenvalue weighted by Gasteiger charge is 2.15. The van der Waals surface area contributed by atoms with Crippen LogP contribution in [0.2, 0.25) is 0 Å². The van der Waals surface area contributed by atoms with Gasteiger partial charge in [0.2, 0.25) is 0 Å². The van der Waals surface area contributed by atoms with Crippen LogP contribution in [0.1, 0.15) is 25.1 Å². The molecule has 0 radical (unpaired) electrons. The zero-order chi connectivity index (χ0) is 19.9. The summed E-state index contributed by atoms with van der Waals surface area (Å²) < 4.78 is 4.38. The molecule has 0 saturated heterocycles. The first-order valence-electron chi connectivity index (χ1n) is 9.33. The van der Waals surface area contributed by atoms with E-state index in [0.717, 1.165) is 45.1 Å². The molecule has 2 heterocycles. The summed E-state index contributed by atoms with van der Waals surface area (Å²) >= 11 is 5.10. The molecule has 0 atom stereocenters. The van der Waals surface area contributed by atoms with Crippen molar-refractivity contribution >= 4 is 45.1 Å². The topological polar surface area (TPSA) is 67.4 Å². The Labute approximate surface area is 182 Å². The molecule has 0 spiro atoms. The number of thioether (sulfide) groups is 2. The summed E-state index contributed by atoms with van der Waals surface area (Å²) in [6.45, 7) is 0. The molecule has 0 unspecified atom stereocenters. The maximum absolute atomic E-state index is 8.69. The van der Waals surface area contributed by atoms with Gasteiger partial charge in [-0.05, 0) is 37.1 Å². The summed E-state index contributed by atoms with van der Waals surface area (Å²) in [6.07, 6.45) is 2.52. The van der Waals surface area contributed by atoms with Crippen LogP contribution in [0.15, 0.2) is 64.1 Å². The predicted molar refractivity (Wildman–Crippen MR) is 121 cm³/mol. The van der Waals surface area contributed by atoms with E-state index in [2.05, 4.69) is 39.0 Å². The number of hydrogen-bond acceptors (Lipinski definition) is 7. The molecule has 0 aliphatic heterocycles. The van der Waals surface area contributed by atoms with Crippen molar-refractivity contribution in [3.63, 3.8) is 0 Å². The van der Waals surface area contributed by atoms with Crippen molar-refractivity contribution in [1.82, 2.24) is 19.7 Å². The maximum atomic E-state index is 8.69. The van der Waals surface area contributed by atoms with Gasteiger partial charge >= 0.3 is 0 Å². The van der Waals surface area contributed by atoms with E-state index in [-0.39, 0.29) is 0 Å². The van der Waals surface area contributed by atoms with Gasteiger partial charge in [-0.3, -0.25) is 4.57 Å². The maximum Gasteiger partial charge on any atom is 0.195 e. The van der Waals surface area contributed by atoms with Crippen LogP contribution in [0.25, 0.3) is 15.9 Å². The van der Waals surface area contributed by atoms with Gasteiger partial charge in [0.25, 0.3) is 0 Å². The van der Waals surface area contributed by atoms with E-state index in [9.17, 15) is 0 Å². The average Bonchev–Trinajstić information content (AvgIpc) is 3.36. The SMILES string of the molecule is N#CCCCCSc1nnc(CSc2nc3ccccc3s2)n1-c1ccccc1. The fourth-order valence-corrected chi connectivity index (χ4v) is 5.78. The van der Waals surface area contributed by atoms with Crippen LogP contribution >= 0.6 is 34.9 Å². The molecular weight excluding hydrogens is 418 g/mol. The number of rotatable bonds is 9. The molecular formula is C21H19N5S3. The van der Waals surface area contributed by atoms with Crippen LogP contribution < -0.4 is 0 Å². The minimum Gasteiger partial charge on any atom is -0.273 e. The summed E-state index contributed by atoms with van der Waals surface area (Å²) in [6, 6.07) is 20.6. The summed E-state index contributed by atoms with van der Waals surface area (Å²) in [7, 11) is 0. The Morgan fingerprint density at radius 2 is 1.79 bits per heavy atom. The molecule has 29 heavy (non-hydrogen) atoms. The van der Waals surface area contributed by atoms with Crippen molar-refractivity contribution in [2.24, 2.45) is 0 Å². The van der Waals surface area contributed by atoms with E-state index in [1.807, 2.05) is 36.4 Å². The first kappa shape index (κ1) is 20.0. The Hall–Kier alpha value is -2.34. The quantitative estimate of drug-likeness (QED) is 0.238. The van der Waals surface area contributed by atoms with E-state index in [1.54, 1.807) is 34.9 Å². The highest BCUT2D eigenvalue weighted by atomic mass is 32.2. The van der Waals surface area contributed by atoms with Gasteiger partial charge in [-0.1, -0.05) is 53.9 Å². The highest BCUT2D eigenvalue weighted by Crippen LogP contribution is 2.32. The van der Waals surface area contributed by atoms with Crippen molar-refractivity contribution in [1.29, 1.82) is 5.26 Å². The molecule has 8 heteroatoms. The molecule has 2 aromatic heterocycles. The lowest BCUT2D eigenvalue weighted by molar-refractivity contribution is 0.820. The Bertz CT molecular complexity index is 1080. The van der Waals surface area contributed by atoms with Gasteiger partial charge in [0.15, 0.2) is 9.50 Å². The van der Waals surface area contributed by atoms with Gasteiger partial charge in [0, 0.05) is 17.9 Å². The summed E-state index contributed by atoms with van der Waals surface area (Å²) in [4.78, 5) is 4.71. The van der Waals surface area contributed by atoms with Crippen LogP contribution in [0.3, 0.4) is 0 Å². The molecule has 0 amide bonds. The fourth-order valence-electron chi connectivity index (χ4n) is 2.83. The molecule has 0 saturated carbocycles. The van der Waals surface area contributed by atoms with Crippen molar-refractivity contribution < 1.29 is 0 Å². The van der Waals surface area contributed by atoms with Gasteiger partial charge in [0.05, 0.1) is 22.0 Å². The first-order chi connectivity index (χ1) is 14.3. The van der Waals surface area contributed by atoms with Gasteiger partial charge in [0.1, 0.15) is 5.82 Å². The monoisotopic (exact) mass is 437 g/mol. The molecule has 2 aromatic carbocycles. The van der Waals surface area contributed by atoms with E-state index in [0.29, 0.717) is 12.2 Å². The zero-order valence-electron chi connectivity index (χ0n) is 15.7. The number of nitriles is 1. The molecule has 146 valence electrons. The van der Waals surface area contributed by atoms with Gasteiger partial charge in [-0.2, -0.15) is 5.26 Å². The smallest absolute Gasteiger partial charge is 0.195 e. The third-order valence-electron chi connectivity index (χ3n) is 4.23. The highest BCUT2D eigenvalue weighted by molar-refractivity contribution is 8.00. The van der Waals surface area contributed by atoms with Crippen LogP contribution in [-0.4, -0.2) is 25.5 Å². The number of aromatic nitrogens is 4. The van der Waals surface area contributed by atoms with Crippen LogP contribution in [0, 0.1) is 11.3 Å². The lowest BCUT2D eigenvalue weighted by atomic mass is 10.3. The summed E-state index contributed by atoms with van der Waals surface area (Å²) in [5, 5.41) is 18.5. The zero-order valence-corrected chi connectivity index (χ0v) is 18.1. The van der Waals surface area contributed by atoms with Crippen LogP contribution in [-0.2, 0) is 5.75 Å². The standard InChI is InChI=1S/C21H19N5S3/c22-13-7-2-8-14-27-20-25-24-19(26(20)16-9-3-1-4-10-16)15-28-21-23-17-11-5-6-12-18(17)29-21/h1,3-6,9-12H,2,7-8,14-15H2. The molecule has 0 aliphatic carbocycles. The molecule has 5 nitrogen and oxygen atoms in total. The van der Waals surface area contributed by atoms with Gasteiger partial charge in [-0.15, -0.1) is 21.5 Å². The lowest BCUT2D eigenvalue weighted by Crippen LogP contribution is -2.02. The van der Waals surface area contributed by atoms with Crippen molar-refractivity contribution in [2.45, 2.75) is 34.5 Å². The lowest BCUT2D eigenvalue weighted by Gasteiger charge is -2.09. The number of para-hydroxylation sites is 2. The Balaban J connectivity index is 1.51. The normalized spacial score (nSPS) is 11.0. The molecule has 4 aromatic rings. The molecule has 0 fully saturated rings. The van der Waals surface area contributed by atoms with Crippen molar-refractivity contribution in [2.75, 3.05) is 5.75 Å². The first-order valence-corrected chi connectivity index (χ1v) is 12.1. The number of benzene rings is 2.